The zero-order chi connectivity index (χ0) is 16.2. The molecule has 8 heteroatoms. The first kappa shape index (κ1) is 16.4. The number of allylic oxidation sites excluding steroid dienone is 1. The minimum atomic E-state index is -1.14. The van der Waals surface area contributed by atoms with Crippen LogP contribution in [0, 0.1) is 10.1 Å². The number of methoxy groups -OCH3 is 1. The lowest BCUT2D eigenvalue weighted by atomic mass is 9.94. The van der Waals surface area contributed by atoms with Crippen molar-refractivity contribution in [3.05, 3.63) is 39.5 Å². The number of rotatable bonds is 7. The van der Waals surface area contributed by atoms with E-state index in [-0.39, 0.29) is 36.3 Å². The van der Waals surface area contributed by atoms with Gasteiger partial charge in [0, 0.05) is 17.7 Å². The zero-order valence-electron chi connectivity index (χ0n) is 11.5. The maximum atomic E-state index is 11.5. The summed E-state index contributed by atoms with van der Waals surface area (Å²) in [6.45, 7) is 3.19. The number of nitro benzene ring substituents is 1. The van der Waals surface area contributed by atoms with E-state index in [4.69, 9.17) is 15.6 Å². The number of nitrogens with zero attached hydrogens (tertiary/aromatic N) is 1. The SMILES string of the molecule is C=CCc1c(CCO)c(OC)c(O)c(C(N)=O)c1[N+](=O)[O-]. The normalized spacial score (nSPS) is 10.2. The van der Waals surface area contributed by atoms with E-state index in [1.54, 1.807) is 0 Å². The van der Waals surface area contributed by atoms with E-state index in [0.717, 1.165) is 0 Å². The number of carbonyl (C=O) groups is 1. The minimum absolute atomic E-state index is 0.0137. The van der Waals surface area contributed by atoms with Crippen molar-refractivity contribution >= 4 is 11.6 Å². The predicted molar refractivity (Wildman–Crippen MR) is 74.5 cm³/mol. The van der Waals surface area contributed by atoms with Crippen molar-refractivity contribution in [1.82, 2.24) is 0 Å². The standard InChI is InChI=1S/C13H16N2O6/c1-3-4-7-8(5-6-16)12(21-2)11(17)9(13(14)18)10(7)15(19)20/h3,16-17H,1,4-6H2,2H3,(H2,14,18). The molecule has 0 aliphatic heterocycles. The molecule has 0 saturated carbocycles. The topological polar surface area (TPSA) is 136 Å². The Hall–Kier alpha value is -2.61. The quantitative estimate of drug-likeness (QED) is 0.384. The van der Waals surface area contributed by atoms with Crippen molar-refractivity contribution in [2.24, 2.45) is 5.73 Å². The van der Waals surface area contributed by atoms with Crippen LogP contribution in [-0.2, 0) is 12.8 Å². The molecule has 0 saturated heterocycles. The predicted octanol–water partition coefficient (Wildman–Crippen LogP) is 0.671. The molecule has 4 N–H and O–H groups in total. The van der Waals surface area contributed by atoms with Gasteiger partial charge >= 0.3 is 0 Å². The van der Waals surface area contributed by atoms with E-state index in [1.165, 1.54) is 13.2 Å². The second kappa shape index (κ2) is 6.71. The number of nitrogens with two attached hydrogens (primary N) is 1. The number of phenols is 1. The van der Waals surface area contributed by atoms with Crippen molar-refractivity contribution in [3.8, 4) is 11.5 Å². The number of hydrogen-bond donors (Lipinski definition) is 3. The van der Waals surface area contributed by atoms with Gasteiger partial charge in [0.1, 0.15) is 0 Å². The summed E-state index contributed by atoms with van der Waals surface area (Å²) in [4.78, 5) is 22.0. The van der Waals surface area contributed by atoms with Crippen molar-refractivity contribution < 1.29 is 24.7 Å². The van der Waals surface area contributed by atoms with Gasteiger partial charge in [-0.3, -0.25) is 14.9 Å². The van der Waals surface area contributed by atoms with Gasteiger partial charge in [0.2, 0.25) is 0 Å². The van der Waals surface area contributed by atoms with E-state index < -0.39 is 27.8 Å². The Labute approximate surface area is 120 Å². The number of hydrogen-bond acceptors (Lipinski definition) is 6. The van der Waals surface area contributed by atoms with Crippen molar-refractivity contribution in [2.45, 2.75) is 12.8 Å². The molecule has 0 fully saturated rings. The van der Waals surface area contributed by atoms with Crippen LogP contribution < -0.4 is 10.5 Å². The fraction of sp³-hybridized carbons (Fsp3) is 0.308. The highest BCUT2D eigenvalue weighted by molar-refractivity contribution is 6.01. The molecule has 0 bridgehead atoms. The van der Waals surface area contributed by atoms with Crippen LogP contribution in [0.25, 0.3) is 0 Å². The molecule has 0 unspecified atom stereocenters. The molecule has 0 atom stereocenters. The van der Waals surface area contributed by atoms with E-state index >= 15 is 0 Å². The molecule has 1 aromatic rings. The third kappa shape index (κ3) is 2.95. The highest BCUT2D eigenvalue weighted by Gasteiger charge is 2.33. The molecule has 0 heterocycles. The smallest absolute Gasteiger partial charge is 0.289 e. The van der Waals surface area contributed by atoms with Crippen LogP contribution >= 0.6 is 0 Å². The molecule has 0 aliphatic rings. The lowest BCUT2D eigenvalue weighted by molar-refractivity contribution is -0.385. The number of nitro groups is 1. The van der Waals surface area contributed by atoms with E-state index in [9.17, 15) is 20.0 Å². The Kier molecular flexibility index (Phi) is 5.25. The Balaban J connectivity index is 3.92. The molecule has 1 aromatic carbocycles. The van der Waals surface area contributed by atoms with E-state index in [1.807, 2.05) is 0 Å². The molecule has 0 radical (unpaired) electrons. The molecule has 114 valence electrons. The Morgan fingerprint density at radius 2 is 2.14 bits per heavy atom. The maximum absolute atomic E-state index is 11.5. The Morgan fingerprint density at radius 1 is 1.52 bits per heavy atom. The number of aliphatic hydroxyl groups excluding tert-OH is 1. The Bertz CT molecular complexity index is 597. The number of aliphatic hydroxyl groups is 1. The van der Waals surface area contributed by atoms with Crippen LogP contribution in [0.3, 0.4) is 0 Å². The summed E-state index contributed by atoms with van der Waals surface area (Å²) >= 11 is 0. The van der Waals surface area contributed by atoms with Gasteiger partial charge in [-0.05, 0) is 12.8 Å². The average Bonchev–Trinajstić information content (AvgIpc) is 2.41. The molecule has 1 rings (SSSR count). The average molecular weight is 296 g/mol. The van der Waals surface area contributed by atoms with Gasteiger partial charge in [0.05, 0.1) is 12.0 Å². The van der Waals surface area contributed by atoms with Crippen LogP contribution in [0.4, 0.5) is 5.69 Å². The summed E-state index contributed by atoms with van der Waals surface area (Å²) in [5, 5.41) is 30.4. The number of benzene rings is 1. The zero-order valence-corrected chi connectivity index (χ0v) is 11.5. The van der Waals surface area contributed by atoms with Gasteiger partial charge in [-0.1, -0.05) is 6.08 Å². The van der Waals surface area contributed by atoms with Gasteiger partial charge in [-0.25, -0.2) is 0 Å². The number of primary amides is 1. The third-order valence-electron chi connectivity index (χ3n) is 2.96. The van der Waals surface area contributed by atoms with Crippen LogP contribution in [0.1, 0.15) is 21.5 Å². The summed E-state index contributed by atoms with van der Waals surface area (Å²) in [7, 11) is 1.24. The highest BCUT2D eigenvalue weighted by Crippen LogP contribution is 2.43. The molecular weight excluding hydrogens is 280 g/mol. The van der Waals surface area contributed by atoms with Crippen molar-refractivity contribution in [3.63, 3.8) is 0 Å². The van der Waals surface area contributed by atoms with Gasteiger partial charge in [-0.2, -0.15) is 0 Å². The molecule has 21 heavy (non-hydrogen) atoms. The number of aromatic hydroxyl groups is 1. The molecule has 0 spiro atoms. The lowest BCUT2D eigenvalue weighted by Crippen LogP contribution is -2.17. The molecule has 8 nitrogen and oxygen atoms in total. The highest BCUT2D eigenvalue weighted by atomic mass is 16.6. The first-order valence-electron chi connectivity index (χ1n) is 6.01. The van der Waals surface area contributed by atoms with E-state index in [0.29, 0.717) is 0 Å². The largest absolute Gasteiger partial charge is 0.504 e. The second-order valence-electron chi connectivity index (χ2n) is 4.15. The second-order valence-corrected chi connectivity index (χ2v) is 4.15. The van der Waals surface area contributed by atoms with Crippen LogP contribution in [0.5, 0.6) is 11.5 Å². The lowest BCUT2D eigenvalue weighted by Gasteiger charge is -2.17. The summed E-state index contributed by atoms with van der Waals surface area (Å²) < 4.78 is 5.02. The van der Waals surface area contributed by atoms with Crippen LogP contribution in [-0.4, -0.2) is 34.8 Å². The van der Waals surface area contributed by atoms with Gasteiger partial charge in [0.25, 0.3) is 11.6 Å². The number of amides is 1. The summed E-state index contributed by atoms with van der Waals surface area (Å²) in [5.74, 6) is -1.95. The van der Waals surface area contributed by atoms with E-state index in [2.05, 4.69) is 6.58 Å². The van der Waals surface area contributed by atoms with Gasteiger partial charge < -0.3 is 20.7 Å². The summed E-state index contributed by atoms with van der Waals surface area (Å²) in [6.07, 6.45) is 1.48. The van der Waals surface area contributed by atoms with Gasteiger partial charge in [0.15, 0.2) is 17.1 Å². The first-order valence-corrected chi connectivity index (χ1v) is 6.01. The van der Waals surface area contributed by atoms with Crippen molar-refractivity contribution in [2.75, 3.05) is 13.7 Å². The fourth-order valence-electron chi connectivity index (χ4n) is 2.19. The molecule has 1 amide bonds. The van der Waals surface area contributed by atoms with Gasteiger partial charge in [-0.15, -0.1) is 6.58 Å². The van der Waals surface area contributed by atoms with Crippen molar-refractivity contribution in [1.29, 1.82) is 0 Å². The van der Waals surface area contributed by atoms with Crippen LogP contribution in [0.2, 0.25) is 0 Å². The maximum Gasteiger partial charge on any atom is 0.289 e. The monoisotopic (exact) mass is 296 g/mol. The molecule has 0 aromatic heterocycles. The number of carbonyl (C=O) groups excluding carboxylic acids is 1. The first-order chi connectivity index (χ1) is 9.90. The molecular formula is C13H16N2O6. The molecule has 0 aliphatic carbocycles. The van der Waals surface area contributed by atoms with Crippen LogP contribution in [0.15, 0.2) is 12.7 Å². The number of ether oxygens (including phenoxy) is 1. The summed E-state index contributed by atoms with van der Waals surface area (Å²) in [5.41, 5.74) is 4.30. The third-order valence-corrected chi connectivity index (χ3v) is 2.96. The summed E-state index contributed by atoms with van der Waals surface area (Å²) in [6, 6.07) is 0. The Morgan fingerprint density at radius 3 is 2.52 bits per heavy atom. The fourth-order valence-corrected chi connectivity index (χ4v) is 2.19. The minimum Gasteiger partial charge on any atom is -0.504 e.